The van der Waals surface area contributed by atoms with Crippen molar-refractivity contribution in [2.45, 2.75) is 33.3 Å². The van der Waals surface area contributed by atoms with Crippen LogP contribution in [0.4, 0.5) is 0 Å². The van der Waals surface area contributed by atoms with Gasteiger partial charge < -0.3 is 30.7 Å². The molecular weight excluding hydrogens is 468 g/mol. The maximum absolute atomic E-state index is 12.7. The van der Waals surface area contributed by atoms with Crippen LogP contribution in [0.1, 0.15) is 58.6 Å². The Balaban J connectivity index is 1.79. The minimum absolute atomic E-state index is 0.00656. The van der Waals surface area contributed by atoms with Crippen molar-refractivity contribution in [3.63, 3.8) is 0 Å². The highest BCUT2D eigenvalue weighted by atomic mass is 32.2. The van der Waals surface area contributed by atoms with Crippen LogP contribution in [0.2, 0.25) is 0 Å². The van der Waals surface area contributed by atoms with Gasteiger partial charge in [0.2, 0.25) is 29.1 Å². The van der Waals surface area contributed by atoms with Gasteiger partial charge in [-0.1, -0.05) is 19.0 Å². The number of ketones is 2. The molecule has 0 saturated carbocycles. The topological polar surface area (TPSA) is 188 Å². The molecule has 1 aromatic rings. The van der Waals surface area contributed by atoms with Gasteiger partial charge in [-0.3, -0.25) is 24.0 Å². The van der Waals surface area contributed by atoms with Crippen LogP contribution >= 0.6 is 11.8 Å². The van der Waals surface area contributed by atoms with Gasteiger partial charge in [0, 0.05) is 43.3 Å². The van der Waals surface area contributed by atoms with Crippen LogP contribution < -0.4 is 16.0 Å². The van der Waals surface area contributed by atoms with Crippen molar-refractivity contribution in [3.05, 3.63) is 28.0 Å². The third kappa shape index (κ3) is 6.52. The van der Waals surface area contributed by atoms with Gasteiger partial charge in [-0.05, 0) is 6.92 Å². The smallest absolute Gasteiger partial charge is 0.274 e. The van der Waals surface area contributed by atoms with Gasteiger partial charge in [0.25, 0.3) is 5.91 Å². The summed E-state index contributed by atoms with van der Waals surface area (Å²) in [7, 11) is 0. The summed E-state index contributed by atoms with van der Waals surface area (Å²) < 4.78 is 4.89. The molecular formula is C21H28N4O8S. The molecule has 2 rings (SSSR count). The second-order valence-electron chi connectivity index (χ2n) is 8.09. The fourth-order valence-electron chi connectivity index (χ4n) is 2.83. The number of fused-ring (bicyclic) bond motifs is 1. The number of carbonyl (C=O) groups excluding carboxylic acids is 5. The van der Waals surface area contributed by atoms with E-state index in [1.54, 1.807) is 6.92 Å². The first-order valence-electron chi connectivity index (χ1n) is 10.6. The lowest BCUT2D eigenvalue weighted by molar-refractivity contribution is -0.137. The first-order valence-corrected chi connectivity index (χ1v) is 11.6. The average Bonchev–Trinajstić information content (AvgIpc) is 3.25. The maximum Gasteiger partial charge on any atom is 0.274 e. The van der Waals surface area contributed by atoms with Crippen LogP contribution in [0, 0.1) is 5.41 Å². The molecule has 0 spiro atoms. The lowest BCUT2D eigenvalue weighted by Crippen LogP contribution is -2.46. The Bertz CT molecular complexity index is 1000. The molecule has 1 aliphatic carbocycles. The van der Waals surface area contributed by atoms with E-state index in [1.165, 1.54) is 13.8 Å². The van der Waals surface area contributed by atoms with E-state index in [0.29, 0.717) is 6.54 Å². The Kier molecular flexibility index (Phi) is 9.53. The lowest BCUT2D eigenvalue weighted by atomic mass is 9.87. The highest BCUT2D eigenvalue weighted by Crippen LogP contribution is 2.30. The fourth-order valence-corrected chi connectivity index (χ4v) is 3.67. The molecule has 1 atom stereocenters. The van der Waals surface area contributed by atoms with Crippen LogP contribution in [-0.4, -0.2) is 82.8 Å². The molecule has 12 nitrogen and oxygen atoms in total. The SMILES string of the molecule is CCNC(=O)c1noc2c1C(=O)C(SCCNC(=O)CCNC(=O)C(O)C(C)(C)CO)=CC2=O. The number of aromatic nitrogens is 1. The summed E-state index contributed by atoms with van der Waals surface area (Å²) in [6, 6.07) is 0. The zero-order chi connectivity index (χ0) is 25.5. The summed E-state index contributed by atoms with van der Waals surface area (Å²) >= 11 is 1.04. The molecule has 34 heavy (non-hydrogen) atoms. The number of allylic oxidation sites excluding steroid dienone is 2. The third-order valence-corrected chi connectivity index (χ3v) is 5.93. The number of amides is 3. The Morgan fingerprint density at radius 2 is 1.88 bits per heavy atom. The number of rotatable bonds is 12. The molecule has 1 aliphatic rings. The van der Waals surface area contributed by atoms with Crippen LogP contribution in [0.25, 0.3) is 0 Å². The third-order valence-electron chi connectivity index (χ3n) is 4.91. The summed E-state index contributed by atoms with van der Waals surface area (Å²) in [6.07, 6.45) is -0.345. The first kappa shape index (κ1) is 27.2. The number of Topliss-reactive ketones (excluding diaryl/α,β-unsaturated/α-hetero) is 1. The molecule has 0 fully saturated rings. The van der Waals surface area contributed by atoms with E-state index in [1.807, 2.05) is 0 Å². The molecule has 1 unspecified atom stereocenters. The Hall–Kier alpha value is -3.03. The van der Waals surface area contributed by atoms with Gasteiger partial charge in [-0.2, -0.15) is 0 Å². The van der Waals surface area contributed by atoms with E-state index in [9.17, 15) is 34.2 Å². The molecule has 0 bridgehead atoms. The van der Waals surface area contributed by atoms with Crippen molar-refractivity contribution in [1.82, 2.24) is 21.1 Å². The van der Waals surface area contributed by atoms with E-state index in [-0.39, 0.29) is 59.7 Å². The maximum atomic E-state index is 12.7. The van der Waals surface area contributed by atoms with Crippen molar-refractivity contribution in [2.75, 3.05) is 32.0 Å². The number of hydrogen-bond acceptors (Lipinski definition) is 10. The van der Waals surface area contributed by atoms with Crippen LogP contribution in [-0.2, 0) is 9.59 Å². The van der Waals surface area contributed by atoms with Gasteiger partial charge in [-0.15, -0.1) is 11.8 Å². The van der Waals surface area contributed by atoms with Crippen molar-refractivity contribution < 1.29 is 38.7 Å². The number of nitrogens with zero attached hydrogens (tertiary/aromatic N) is 1. The van der Waals surface area contributed by atoms with Gasteiger partial charge >= 0.3 is 0 Å². The van der Waals surface area contributed by atoms with Crippen molar-refractivity contribution in [1.29, 1.82) is 0 Å². The van der Waals surface area contributed by atoms with Gasteiger partial charge in [0.1, 0.15) is 11.7 Å². The molecule has 186 valence electrons. The molecule has 0 aromatic carbocycles. The van der Waals surface area contributed by atoms with E-state index in [4.69, 9.17) is 4.52 Å². The average molecular weight is 497 g/mol. The summed E-state index contributed by atoms with van der Waals surface area (Å²) in [5.74, 6) is -2.81. The predicted octanol–water partition coefficient (Wildman–Crippen LogP) is -0.578. The largest absolute Gasteiger partial charge is 0.396 e. The summed E-state index contributed by atoms with van der Waals surface area (Å²) in [4.78, 5) is 61.0. The number of thioether (sulfide) groups is 1. The Morgan fingerprint density at radius 1 is 1.18 bits per heavy atom. The summed E-state index contributed by atoms with van der Waals surface area (Å²) in [6.45, 7) is 4.87. The highest BCUT2D eigenvalue weighted by molar-refractivity contribution is 8.04. The van der Waals surface area contributed by atoms with Gasteiger partial charge in [0.15, 0.2) is 5.69 Å². The zero-order valence-corrected chi connectivity index (χ0v) is 19.9. The summed E-state index contributed by atoms with van der Waals surface area (Å²) in [5.41, 5.74) is -1.43. The normalized spacial score (nSPS) is 14.2. The molecule has 13 heteroatoms. The molecule has 0 radical (unpaired) electrons. The van der Waals surface area contributed by atoms with Crippen LogP contribution in [0.15, 0.2) is 15.5 Å². The van der Waals surface area contributed by atoms with E-state index in [2.05, 4.69) is 21.1 Å². The van der Waals surface area contributed by atoms with Crippen LogP contribution in [0.3, 0.4) is 0 Å². The quantitative estimate of drug-likeness (QED) is 0.234. The van der Waals surface area contributed by atoms with E-state index in [0.717, 1.165) is 17.8 Å². The fraction of sp³-hybridized carbons (Fsp3) is 0.524. The molecule has 1 heterocycles. The molecule has 0 saturated heterocycles. The minimum Gasteiger partial charge on any atom is -0.396 e. The number of aliphatic hydroxyl groups is 2. The van der Waals surface area contributed by atoms with Crippen molar-refractivity contribution >= 4 is 41.0 Å². The zero-order valence-electron chi connectivity index (χ0n) is 19.1. The number of hydrogen-bond donors (Lipinski definition) is 5. The highest BCUT2D eigenvalue weighted by Gasteiger charge is 2.36. The Labute approximate surface area is 199 Å². The van der Waals surface area contributed by atoms with Gasteiger partial charge in [0.05, 0.1) is 11.5 Å². The van der Waals surface area contributed by atoms with Crippen LogP contribution in [0.5, 0.6) is 0 Å². The number of aliphatic hydroxyl groups excluding tert-OH is 2. The lowest BCUT2D eigenvalue weighted by Gasteiger charge is -2.27. The summed E-state index contributed by atoms with van der Waals surface area (Å²) in [5, 5.41) is 30.2. The van der Waals surface area contributed by atoms with Crippen molar-refractivity contribution in [3.8, 4) is 0 Å². The van der Waals surface area contributed by atoms with Gasteiger partial charge in [-0.25, -0.2) is 0 Å². The monoisotopic (exact) mass is 496 g/mol. The van der Waals surface area contributed by atoms with E-state index < -0.39 is 34.9 Å². The molecule has 1 aromatic heterocycles. The first-order chi connectivity index (χ1) is 16.0. The number of nitrogens with one attached hydrogen (secondary N) is 3. The molecule has 0 aliphatic heterocycles. The molecule has 5 N–H and O–H groups in total. The molecule has 3 amide bonds. The number of carbonyl (C=O) groups is 5. The standard InChI is InChI=1S/C21H28N4O8S/c1-4-22-19(31)15-14-16(29)12(9-11(27)17(14)33-25-15)34-8-7-23-13(28)5-6-24-20(32)18(30)21(2,3)10-26/h9,18,26,30H,4-8,10H2,1-3H3,(H,22,31)(H,23,28)(H,24,32). The van der Waals surface area contributed by atoms with Crippen molar-refractivity contribution in [2.24, 2.45) is 5.41 Å². The minimum atomic E-state index is -1.42. The predicted molar refractivity (Wildman–Crippen MR) is 121 cm³/mol. The second kappa shape index (κ2) is 11.9. The second-order valence-corrected chi connectivity index (χ2v) is 9.22. The van der Waals surface area contributed by atoms with E-state index >= 15 is 0 Å². The Morgan fingerprint density at radius 3 is 2.53 bits per heavy atom.